The molecule has 0 bridgehead atoms. The summed E-state index contributed by atoms with van der Waals surface area (Å²) in [6.07, 6.45) is 6.88. The molecule has 2 rings (SSSR count). The lowest BCUT2D eigenvalue weighted by atomic mass is 9.68. The molecule has 2 N–H and O–H groups in total. The number of nitrogens with two attached hydrogens (primary N) is 1. The number of benzene rings is 1. The molecule has 1 aromatic carbocycles. The van der Waals surface area contributed by atoms with E-state index in [1.807, 2.05) is 0 Å². The number of hydrogen-bond acceptors (Lipinski definition) is 3. The van der Waals surface area contributed by atoms with E-state index in [-0.39, 0.29) is 5.41 Å². The van der Waals surface area contributed by atoms with Crippen molar-refractivity contribution in [1.82, 2.24) is 0 Å². The van der Waals surface area contributed by atoms with E-state index in [2.05, 4.69) is 13.0 Å². The Morgan fingerprint density at radius 1 is 1.19 bits per heavy atom. The molecule has 0 heterocycles. The number of rotatable bonds is 5. The largest absolute Gasteiger partial charge is 0.493 e. The summed E-state index contributed by atoms with van der Waals surface area (Å²) in [6.45, 7) is 2.79. The first kappa shape index (κ1) is 16.4. The van der Waals surface area contributed by atoms with Crippen LogP contribution in [0.15, 0.2) is 6.07 Å². The zero-order valence-corrected chi connectivity index (χ0v) is 14.1. The summed E-state index contributed by atoms with van der Waals surface area (Å²) in [7, 11) is 3.28. The molecule has 0 amide bonds. The molecular formula is C17H26ClNO2. The molecule has 1 aliphatic carbocycles. The van der Waals surface area contributed by atoms with Crippen LogP contribution in [0, 0.1) is 0 Å². The molecular weight excluding hydrogens is 286 g/mol. The number of ether oxygens (including phenoxy) is 2. The lowest BCUT2D eigenvalue weighted by Gasteiger charge is -2.39. The molecule has 0 aromatic heterocycles. The fraction of sp³-hybridized carbons (Fsp3) is 0.647. The third-order valence-corrected chi connectivity index (χ3v) is 5.24. The molecule has 21 heavy (non-hydrogen) atoms. The summed E-state index contributed by atoms with van der Waals surface area (Å²) in [6, 6.07) is 2.10. The molecule has 1 aromatic rings. The van der Waals surface area contributed by atoms with Gasteiger partial charge >= 0.3 is 0 Å². The zero-order chi connectivity index (χ0) is 15.5. The van der Waals surface area contributed by atoms with Crippen molar-refractivity contribution in [1.29, 1.82) is 0 Å². The van der Waals surface area contributed by atoms with Crippen LogP contribution >= 0.6 is 11.6 Å². The predicted octanol–water partition coefficient (Wildman–Crippen LogP) is 4.08. The SMILES string of the molecule is CCc1c(C2(CN)CCCCC2)cc(OC)c(OC)c1Cl. The summed E-state index contributed by atoms with van der Waals surface area (Å²) < 4.78 is 10.9. The third-order valence-electron chi connectivity index (χ3n) is 4.84. The molecule has 0 unspecified atom stereocenters. The maximum absolute atomic E-state index is 6.59. The van der Waals surface area contributed by atoms with E-state index in [1.165, 1.54) is 24.8 Å². The van der Waals surface area contributed by atoms with E-state index in [9.17, 15) is 0 Å². The summed E-state index contributed by atoms with van der Waals surface area (Å²) >= 11 is 6.59. The third kappa shape index (κ3) is 2.86. The van der Waals surface area contributed by atoms with Gasteiger partial charge in [-0.3, -0.25) is 0 Å². The Morgan fingerprint density at radius 3 is 2.33 bits per heavy atom. The average Bonchev–Trinajstić information content (AvgIpc) is 2.54. The van der Waals surface area contributed by atoms with Crippen molar-refractivity contribution in [3.05, 3.63) is 22.2 Å². The molecule has 1 aliphatic rings. The zero-order valence-electron chi connectivity index (χ0n) is 13.3. The molecule has 1 fully saturated rings. The monoisotopic (exact) mass is 311 g/mol. The molecule has 1 saturated carbocycles. The average molecular weight is 312 g/mol. The van der Waals surface area contributed by atoms with Crippen molar-refractivity contribution in [2.24, 2.45) is 5.73 Å². The van der Waals surface area contributed by atoms with Gasteiger partial charge in [-0.25, -0.2) is 0 Å². The minimum atomic E-state index is 0.0345. The normalized spacial score (nSPS) is 17.6. The van der Waals surface area contributed by atoms with Gasteiger partial charge in [0.2, 0.25) is 0 Å². The van der Waals surface area contributed by atoms with Crippen molar-refractivity contribution in [3.8, 4) is 11.5 Å². The van der Waals surface area contributed by atoms with E-state index < -0.39 is 0 Å². The Balaban J connectivity index is 2.63. The van der Waals surface area contributed by atoms with Crippen molar-refractivity contribution in [2.45, 2.75) is 50.9 Å². The molecule has 0 atom stereocenters. The van der Waals surface area contributed by atoms with Crippen LogP contribution in [0.2, 0.25) is 5.02 Å². The first-order chi connectivity index (χ1) is 10.1. The smallest absolute Gasteiger partial charge is 0.179 e. The van der Waals surface area contributed by atoms with Gasteiger partial charge in [0.15, 0.2) is 11.5 Å². The van der Waals surface area contributed by atoms with Gasteiger partial charge in [-0.1, -0.05) is 37.8 Å². The number of hydrogen-bond donors (Lipinski definition) is 1. The molecule has 0 saturated heterocycles. The highest BCUT2D eigenvalue weighted by Crippen LogP contribution is 2.47. The van der Waals surface area contributed by atoms with Crippen LogP contribution in [0.4, 0.5) is 0 Å². The van der Waals surface area contributed by atoms with Crippen molar-refractivity contribution in [2.75, 3.05) is 20.8 Å². The van der Waals surface area contributed by atoms with Crippen LogP contribution in [0.5, 0.6) is 11.5 Å². The van der Waals surface area contributed by atoms with Gasteiger partial charge in [0.25, 0.3) is 0 Å². The van der Waals surface area contributed by atoms with Crippen molar-refractivity contribution < 1.29 is 9.47 Å². The molecule has 118 valence electrons. The van der Waals surface area contributed by atoms with Crippen LogP contribution in [0.3, 0.4) is 0 Å². The van der Waals surface area contributed by atoms with E-state index >= 15 is 0 Å². The van der Waals surface area contributed by atoms with Gasteiger partial charge in [-0.15, -0.1) is 0 Å². The van der Waals surface area contributed by atoms with E-state index in [0.717, 1.165) is 24.8 Å². The summed E-state index contributed by atoms with van der Waals surface area (Å²) in [5.41, 5.74) is 8.64. The maximum atomic E-state index is 6.59. The highest BCUT2D eigenvalue weighted by Gasteiger charge is 2.36. The number of halogens is 1. The van der Waals surface area contributed by atoms with Gasteiger partial charge in [0.05, 0.1) is 19.2 Å². The fourth-order valence-corrected chi connectivity index (χ4v) is 4.03. The second-order valence-corrected chi connectivity index (χ2v) is 6.23. The first-order valence-electron chi connectivity index (χ1n) is 7.77. The van der Waals surface area contributed by atoms with E-state index in [1.54, 1.807) is 14.2 Å². The summed E-state index contributed by atoms with van der Waals surface area (Å²) in [5.74, 6) is 1.33. The van der Waals surface area contributed by atoms with Crippen LogP contribution in [0.25, 0.3) is 0 Å². The predicted molar refractivity (Wildman–Crippen MR) is 87.8 cm³/mol. The van der Waals surface area contributed by atoms with E-state index in [0.29, 0.717) is 23.1 Å². The molecule has 0 aliphatic heterocycles. The summed E-state index contributed by atoms with van der Waals surface area (Å²) in [5, 5.41) is 0.674. The van der Waals surface area contributed by atoms with Gasteiger partial charge in [0, 0.05) is 12.0 Å². The molecule has 0 radical (unpaired) electrons. The Bertz CT molecular complexity index is 496. The van der Waals surface area contributed by atoms with Gasteiger partial charge in [-0.05, 0) is 36.5 Å². The van der Waals surface area contributed by atoms with Gasteiger partial charge in [0.1, 0.15) is 0 Å². The summed E-state index contributed by atoms with van der Waals surface area (Å²) in [4.78, 5) is 0. The van der Waals surface area contributed by atoms with Gasteiger partial charge in [-0.2, -0.15) is 0 Å². The lowest BCUT2D eigenvalue weighted by molar-refractivity contribution is 0.296. The molecule has 3 nitrogen and oxygen atoms in total. The maximum Gasteiger partial charge on any atom is 0.179 e. The van der Waals surface area contributed by atoms with Crippen molar-refractivity contribution >= 4 is 11.6 Å². The van der Waals surface area contributed by atoms with Crippen LogP contribution in [-0.2, 0) is 11.8 Å². The molecule has 4 heteroatoms. The van der Waals surface area contributed by atoms with Crippen LogP contribution in [0.1, 0.15) is 50.2 Å². The second-order valence-electron chi connectivity index (χ2n) is 5.85. The Kier molecular flexibility index (Phi) is 5.39. The van der Waals surface area contributed by atoms with E-state index in [4.69, 9.17) is 26.8 Å². The van der Waals surface area contributed by atoms with Crippen LogP contribution in [-0.4, -0.2) is 20.8 Å². The highest BCUT2D eigenvalue weighted by molar-refractivity contribution is 6.33. The number of methoxy groups -OCH3 is 2. The molecule has 0 spiro atoms. The lowest BCUT2D eigenvalue weighted by Crippen LogP contribution is -2.38. The highest BCUT2D eigenvalue weighted by atomic mass is 35.5. The topological polar surface area (TPSA) is 44.5 Å². The minimum absolute atomic E-state index is 0.0345. The second kappa shape index (κ2) is 6.89. The standard InChI is InChI=1S/C17H26ClNO2/c1-4-12-13(17(11-19)8-6-5-7-9-17)10-14(20-2)16(21-3)15(12)18/h10H,4-9,11,19H2,1-3H3. The minimum Gasteiger partial charge on any atom is -0.493 e. The quantitative estimate of drug-likeness (QED) is 0.891. The Labute approximate surface area is 132 Å². The van der Waals surface area contributed by atoms with Crippen molar-refractivity contribution in [3.63, 3.8) is 0 Å². The Morgan fingerprint density at radius 2 is 1.86 bits per heavy atom. The van der Waals surface area contributed by atoms with Gasteiger partial charge < -0.3 is 15.2 Å². The first-order valence-corrected chi connectivity index (χ1v) is 8.15. The van der Waals surface area contributed by atoms with Crippen LogP contribution < -0.4 is 15.2 Å². The fourth-order valence-electron chi connectivity index (χ4n) is 3.62. The Hall–Kier alpha value is -0.930.